The maximum absolute atomic E-state index is 12.4. The summed E-state index contributed by atoms with van der Waals surface area (Å²) >= 11 is 0. The van der Waals surface area contributed by atoms with E-state index in [0.717, 1.165) is 12.0 Å². The van der Waals surface area contributed by atoms with Crippen molar-refractivity contribution in [1.82, 2.24) is 9.88 Å². The number of benzene rings is 1. The van der Waals surface area contributed by atoms with Crippen LogP contribution in [-0.2, 0) is 27.2 Å². The summed E-state index contributed by atoms with van der Waals surface area (Å²) in [6, 6.07) is 8.00. The van der Waals surface area contributed by atoms with Crippen LogP contribution < -0.4 is 0 Å². The van der Waals surface area contributed by atoms with Crippen molar-refractivity contribution in [2.75, 3.05) is 20.3 Å². The van der Waals surface area contributed by atoms with E-state index in [-0.39, 0.29) is 18.2 Å². The maximum Gasteiger partial charge on any atom is 0.355 e. The largest absolute Gasteiger partial charge is 0.465 e. The quantitative estimate of drug-likeness (QED) is 0.833. The third-order valence-electron chi connectivity index (χ3n) is 4.84. The van der Waals surface area contributed by atoms with Crippen LogP contribution in [0.4, 0.5) is 0 Å². The van der Waals surface area contributed by atoms with Gasteiger partial charge >= 0.3 is 11.9 Å². The Kier molecular flexibility index (Phi) is 5.30. The summed E-state index contributed by atoms with van der Waals surface area (Å²) in [5.41, 5.74) is 3.79. The number of ether oxygens (including phenoxy) is 2. The number of aromatic amines is 1. The number of rotatable bonds is 4. The number of H-pyrrole nitrogens is 1. The SMILES string of the molecule is COC(=O)c1c(C)[nH]c(C(=O)OCC(=O)N2CCc3ccccc3C2)c1C. The standard InChI is InChI=1S/C20H22N2O5/c1-12-17(19(24)26-3)13(2)21-18(12)20(25)27-11-16(23)22-9-8-14-6-4-5-7-15(14)10-22/h4-7,21H,8-11H2,1-3H3. The lowest BCUT2D eigenvalue weighted by atomic mass is 10.00. The van der Waals surface area contributed by atoms with E-state index in [2.05, 4.69) is 11.1 Å². The topological polar surface area (TPSA) is 88.7 Å². The zero-order valence-electron chi connectivity index (χ0n) is 15.6. The molecule has 0 aliphatic carbocycles. The highest BCUT2D eigenvalue weighted by molar-refractivity contribution is 5.99. The first-order valence-electron chi connectivity index (χ1n) is 8.71. The van der Waals surface area contributed by atoms with Crippen LogP contribution in [0.25, 0.3) is 0 Å². The second-order valence-electron chi connectivity index (χ2n) is 6.53. The molecule has 2 heterocycles. The van der Waals surface area contributed by atoms with Crippen LogP contribution in [-0.4, -0.2) is 48.0 Å². The molecule has 7 heteroatoms. The fourth-order valence-electron chi connectivity index (χ4n) is 3.36. The van der Waals surface area contributed by atoms with Crippen molar-refractivity contribution in [3.63, 3.8) is 0 Å². The molecular formula is C20H22N2O5. The molecule has 0 atom stereocenters. The average molecular weight is 370 g/mol. The van der Waals surface area contributed by atoms with Crippen molar-refractivity contribution >= 4 is 17.8 Å². The van der Waals surface area contributed by atoms with Gasteiger partial charge in [0.25, 0.3) is 5.91 Å². The first-order valence-corrected chi connectivity index (χ1v) is 8.71. The Balaban J connectivity index is 1.63. The fourth-order valence-corrected chi connectivity index (χ4v) is 3.36. The molecule has 0 spiro atoms. The molecule has 0 saturated carbocycles. The molecule has 1 aliphatic heterocycles. The Morgan fingerprint density at radius 2 is 1.81 bits per heavy atom. The van der Waals surface area contributed by atoms with Gasteiger partial charge in [-0.1, -0.05) is 24.3 Å². The van der Waals surface area contributed by atoms with Crippen molar-refractivity contribution in [2.24, 2.45) is 0 Å². The van der Waals surface area contributed by atoms with Gasteiger partial charge in [-0.05, 0) is 37.0 Å². The van der Waals surface area contributed by atoms with Gasteiger partial charge in [0.1, 0.15) is 5.69 Å². The summed E-state index contributed by atoms with van der Waals surface area (Å²) in [6.45, 7) is 4.08. The molecule has 0 bridgehead atoms. The zero-order chi connectivity index (χ0) is 19.6. The second-order valence-corrected chi connectivity index (χ2v) is 6.53. The van der Waals surface area contributed by atoms with E-state index in [0.29, 0.717) is 29.9 Å². The first kappa shape index (κ1) is 18.7. The molecule has 7 nitrogen and oxygen atoms in total. The van der Waals surface area contributed by atoms with E-state index in [1.807, 2.05) is 18.2 Å². The van der Waals surface area contributed by atoms with Crippen LogP contribution in [0.1, 0.15) is 43.2 Å². The molecule has 0 radical (unpaired) electrons. The van der Waals surface area contributed by atoms with Crippen LogP contribution in [0.2, 0.25) is 0 Å². The molecule has 0 fully saturated rings. The number of carbonyl (C=O) groups is 3. The molecule has 27 heavy (non-hydrogen) atoms. The molecular weight excluding hydrogens is 348 g/mol. The van der Waals surface area contributed by atoms with Gasteiger partial charge in [-0.2, -0.15) is 0 Å². The van der Waals surface area contributed by atoms with Crippen molar-refractivity contribution < 1.29 is 23.9 Å². The fraction of sp³-hybridized carbons (Fsp3) is 0.350. The molecule has 3 rings (SSSR count). The first-order chi connectivity index (χ1) is 12.9. The lowest BCUT2D eigenvalue weighted by Crippen LogP contribution is -2.38. The van der Waals surface area contributed by atoms with Gasteiger partial charge < -0.3 is 19.4 Å². The highest BCUT2D eigenvalue weighted by Crippen LogP contribution is 2.21. The summed E-state index contributed by atoms with van der Waals surface area (Å²) in [6.07, 6.45) is 0.785. The monoisotopic (exact) mass is 370 g/mol. The number of nitrogens with one attached hydrogen (secondary N) is 1. The van der Waals surface area contributed by atoms with E-state index in [1.54, 1.807) is 18.7 Å². The molecule has 1 aromatic heterocycles. The Bertz CT molecular complexity index is 900. The number of nitrogens with zero attached hydrogens (tertiary/aromatic N) is 1. The average Bonchev–Trinajstić information content (AvgIpc) is 2.99. The molecule has 1 N–H and O–H groups in total. The molecule has 142 valence electrons. The minimum Gasteiger partial charge on any atom is -0.465 e. The predicted molar refractivity (Wildman–Crippen MR) is 97.5 cm³/mol. The minimum absolute atomic E-state index is 0.157. The Morgan fingerprint density at radius 3 is 2.52 bits per heavy atom. The van der Waals surface area contributed by atoms with E-state index in [4.69, 9.17) is 9.47 Å². The van der Waals surface area contributed by atoms with E-state index in [9.17, 15) is 14.4 Å². The van der Waals surface area contributed by atoms with Crippen LogP contribution in [0.5, 0.6) is 0 Å². The summed E-state index contributed by atoms with van der Waals surface area (Å²) in [7, 11) is 1.28. The Hall–Kier alpha value is -3.09. The normalized spacial score (nSPS) is 13.1. The maximum atomic E-state index is 12.4. The number of aromatic nitrogens is 1. The van der Waals surface area contributed by atoms with Crippen LogP contribution in [0.15, 0.2) is 24.3 Å². The summed E-state index contributed by atoms with van der Waals surface area (Å²) in [5.74, 6) is -1.44. The molecule has 0 unspecified atom stereocenters. The predicted octanol–water partition coefficient (Wildman–Crippen LogP) is 2.16. The Morgan fingerprint density at radius 1 is 1.11 bits per heavy atom. The van der Waals surface area contributed by atoms with E-state index >= 15 is 0 Å². The van der Waals surface area contributed by atoms with Crippen LogP contribution >= 0.6 is 0 Å². The molecule has 1 aromatic carbocycles. The van der Waals surface area contributed by atoms with E-state index < -0.39 is 11.9 Å². The lowest BCUT2D eigenvalue weighted by molar-refractivity contribution is -0.135. The van der Waals surface area contributed by atoms with Gasteiger partial charge in [0.2, 0.25) is 0 Å². The van der Waals surface area contributed by atoms with Crippen molar-refractivity contribution in [2.45, 2.75) is 26.8 Å². The van der Waals surface area contributed by atoms with Gasteiger partial charge in [-0.3, -0.25) is 4.79 Å². The highest BCUT2D eigenvalue weighted by atomic mass is 16.5. The number of aryl methyl sites for hydroxylation is 1. The lowest BCUT2D eigenvalue weighted by Gasteiger charge is -2.28. The number of esters is 2. The zero-order valence-corrected chi connectivity index (χ0v) is 15.6. The van der Waals surface area contributed by atoms with Crippen LogP contribution in [0.3, 0.4) is 0 Å². The number of methoxy groups -OCH3 is 1. The molecule has 2 aromatic rings. The van der Waals surface area contributed by atoms with E-state index in [1.165, 1.54) is 12.7 Å². The second kappa shape index (κ2) is 7.65. The molecule has 1 aliphatic rings. The minimum atomic E-state index is -0.670. The van der Waals surface area contributed by atoms with Gasteiger partial charge in [0, 0.05) is 18.8 Å². The van der Waals surface area contributed by atoms with Crippen LogP contribution in [0, 0.1) is 13.8 Å². The van der Waals surface area contributed by atoms with Gasteiger partial charge in [-0.25, -0.2) is 9.59 Å². The van der Waals surface area contributed by atoms with Gasteiger partial charge in [-0.15, -0.1) is 0 Å². The van der Waals surface area contributed by atoms with Gasteiger partial charge in [0.15, 0.2) is 6.61 Å². The number of carbonyl (C=O) groups excluding carboxylic acids is 3. The van der Waals surface area contributed by atoms with Gasteiger partial charge in [0.05, 0.1) is 12.7 Å². The van der Waals surface area contributed by atoms with Crippen molar-refractivity contribution in [3.8, 4) is 0 Å². The molecule has 1 amide bonds. The summed E-state index contributed by atoms with van der Waals surface area (Å²) < 4.78 is 9.91. The number of fused-ring (bicyclic) bond motifs is 1. The number of hydrogen-bond acceptors (Lipinski definition) is 5. The smallest absolute Gasteiger partial charge is 0.355 e. The number of amides is 1. The third-order valence-corrected chi connectivity index (χ3v) is 4.84. The molecule has 0 saturated heterocycles. The van der Waals surface area contributed by atoms with Crippen molar-refractivity contribution in [1.29, 1.82) is 0 Å². The third kappa shape index (κ3) is 3.72. The highest BCUT2D eigenvalue weighted by Gasteiger charge is 2.25. The Labute approximate surface area is 157 Å². The number of hydrogen-bond donors (Lipinski definition) is 1. The van der Waals surface area contributed by atoms with Crippen molar-refractivity contribution in [3.05, 3.63) is 57.9 Å². The summed E-state index contributed by atoms with van der Waals surface area (Å²) in [4.78, 5) is 41.1. The summed E-state index contributed by atoms with van der Waals surface area (Å²) in [5, 5.41) is 0.